The molecule has 1 amide bonds. The van der Waals surface area contributed by atoms with Gasteiger partial charge in [-0.1, -0.05) is 18.2 Å². The molecule has 3 heterocycles. The summed E-state index contributed by atoms with van der Waals surface area (Å²) >= 11 is 0. The van der Waals surface area contributed by atoms with Crippen molar-refractivity contribution in [1.82, 2.24) is 20.2 Å². The third-order valence-corrected chi connectivity index (χ3v) is 5.05. The van der Waals surface area contributed by atoms with Crippen molar-refractivity contribution in [3.05, 3.63) is 66.0 Å². The Morgan fingerprint density at radius 3 is 2.96 bits per heavy atom. The Morgan fingerprint density at radius 2 is 2.19 bits per heavy atom. The molecule has 0 radical (unpaired) electrons. The first-order chi connectivity index (χ1) is 12.7. The smallest absolute Gasteiger partial charge is 0.229 e. The van der Waals surface area contributed by atoms with Crippen molar-refractivity contribution in [2.24, 2.45) is 5.41 Å². The average Bonchev–Trinajstić information content (AvgIpc) is 3.12. The fraction of sp³-hybridized carbons (Fsp3) is 0.300. The number of carbonyl (C=O) groups is 1. The van der Waals surface area contributed by atoms with Crippen molar-refractivity contribution in [1.29, 1.82) is 0 Å². The monoisotopic (exact) mass is 350 g/mol. The Labute approximate surface area is 152 Å². The number of aromatic nitrogens is 2. The minimum atomic E-state index is -0.405. The van der Waals surface area contributed by atoms with Gasteiger partial charge in [0.25, 0.3) is 0 Å². The van der Waals surface area contributed by atoms with Gasteiger partial charge in [0, 0.05) is 32.0 Å². The Kier molecular flexibility index (Phi) is 4.34. The van der Waals surface area contributed by atoms with Gasteiger partial charge in [0.2, 0.25) is 5.91 Å². The summed E-state index contributed by atoms with van der Waals surface area (Å²) in [4.78, 5) is 12.9. The van der Waals surface area contributed by atoms with Crippen LogP contribution in [0.2, 0.25) is 0 Å². The maximum Gasteiger partial charge on any atom is 0.229 e. The molecule has 0 saturated carbocycles. The number of pyridine rings is 1. The minimum Gasteiger partial charge on any atom is -0.497 e. The first-order valence-electron chi connectivity index (χ1n) is 8.73. The van der Waals surface area contributed by atoms with E-state index < -0.39 is 5.41 Å². The summed E-state index contributed by atoms with van der Waals surface area (Å²) in [7, 11) is 1.66. The van der Waals surface area contributed by atoms with Crippen molar-refractivity contribution in [2.45, 2.75) is 13.0 Å². The van der Waals surface area contributed by atoms with Gasteiger partial charge in [-0.05, 0) is 41.8 Å². The van der Waals surface area contributed by atoms with E-state index in [-0.39, 0.29) is 5.91 Å². The summed E-state index contributed by atoms with van der Waals surface area (Å²) in [5.41, 5.74) is 2.78. The van der Waals surface area contributed by atoms with Gasteiger partial charge >= 0.3 is 0 Å². The third-order valence-electron chi connectivity index (χ3n) is 5.05. The van der Waals surface area contributed by atoms with E-state index in [4.69, 9.17) is 4.74 Å². The standard InChI is InChI=1S/C20H22N4O2/c1-26-17-6-2-4-15(10-17)11-20(13-21-14-20)19(25)22-12-16-5-3-9-24-18(16)7-8-23-24/h2-10,21H,11-14H2,1H3,(H,22,25). The molecule has 0 atom stereocenters. The second-order valence-corrected chi connectivity index (χ2v) is 6.79. The number of benzene rings is 1. The van der Waals surface area contributed by atoms with E-state index in [1.54, 1.807) is 13.3 Å². The zero-order valence-electron chi connectivity index (χ0n) is 14.7. The lowest BCUT2D eigenvalue weighted by atomic mass is 9.75. The normalized spacial score (nSPS) is 15.4. The topological polar surface area (TPSA) is 67.7 Å². The lowest BCUT2D eigenvalue weighted by Gasteiger charge is -2.41. The molecule has 1 aliphatic heterocycles. The van der Waals surface area contributed by atoms with Crippen molar-refractivity contribution in [2.75, 3.05) is 20.2 Å². The van der Waals surface area contributed by atoms with Crippen molar-refractivity contribution in [3.63, 3.8) is 0 Å². The second kappa shape index (κ2) is 6.80. The number of hydrogen-bond acceptors (Lipinski definition) is 4. The summed E-state index contributed by atoms with van der Waals surface area (Å²) in [6, 6.07) is 13.8. The van der Waals surface area contributed by atoms with Crippen LogP contribution < -0.4 is 15.4 Å². The zero-order valence-corrected chi connectivity index (χ0v) is 14.7. The SMILES string of the molecule is COc1cccc(CC2(C(=O)NCc3cccn4nccc34)CNC2)c1. The lowest BCUT2D eigenvalue weighted by Crippen LogP contribution is -2.62. The van der Waals surface area contributed by atoms with Gasteiger partial charge in [-0.3, -0.25) is 4.79 Å². The van der Waals surface area contributed by atoms with Crippen LogP contribution in [0.4, 0.5) is 0 Å². The van der Waals surface area contributed by atoms with Crippen LogP contribution in [0.1, 0.15) is 11.1 Å². The molecule has 1 aliphatic rings. The number of amides is 1. The lowest BCUT2D eigenvalue weighted by molar-refractivity contribution is -0.134. The van der Waals surface area contributed by atoms with Crippen LogP contribution in [0.3, 0.4) is 0 Å². The molecule has 3 aromatic rings. The molecule has 0 unspecified atom stereocenters. The third kappa shape index (κ3) is 3.04. The Hall–Kier alpha value is -2.86. The maximum atomic E-state index is 12.9. The number of rotatable bonds is 6. The highest BCUT2D eigenvalue weighted by atomic mass is 16.5. The van der Waals surface area contributed by atoms with E-state index >= 15 is 0 Å². The summed E-state index contributed by atoms with van der Waals surface area (Å²) in [5, 5.41) is 10.6. The molecule has 0 bridgehead atoms. The summed E-state index contributed by atoms with van der Waals surface area (Å²) < 4.78 is 7.11. The van der Waals surface area contributed by atoms with Gasteiger partial charge in [0.05, 0.1) is 18.0 Å². The van der Waals surface area contributed by atoms with Gasteiger partial charge in [-0.2, -0.15) is 5.10 Å². The Morgan fingerprint density at radius 1 is 1.31 bits per heavy atom. The highest BCUT2D eigenvalue weighted by Gasteiger charge is 2.44. The van der Waals surface area contributed by atoms with Crippen molar-refractivity contribution in [3.8, 4) is 5.75 Å². The molecule has 2 aromatic heterocycles. The van der Waals surface area contributed by atoms with Gasteiger partial charge < -0.3 is 15.4 Å². The number of nitrogens with zero attached hydrogens (tertiary/aromatic N) is 2. The predicted octanol–water partition coefficient (Wildman–Crippen LogP) is 1.79. The molecule has 1 fully saturated rings. The molecule has 26 heavy (non-hydrogen) atoms. The van der Waals surface area contributed by atoms with E-state index in [0.717, 1.165) is 22.4 Å². The number of fused-ring (bicyclic) bond motifs is 1. The van der Waals surface area contributed by atoms with Crippen LogP contribution in [0.5, 0.6) is 5.75 Å². The first-order valence-corrected chi connectivity index (χ1v) is 8.73. The zero-order chi connectivity index (χ0) is 18.0. The quantitative estimate of drug-likeness (QED) is 0.711. The second-order valence-electron chi connectivity index (χ2n) is 6.79. The maximum absolute atomic E-state index is 12.9. The van der Waals surface area contributed by atoms with Gasteiger partial charge in [-0.25, -0.2) is 4.52 Å². The minimum absolute atomic E-state index is 0.0839. The van der Waals surface area contributed by atoms with Crippen LogP contribution >= 0.6 is 0 Å². The van der Waals surface area contributed by atoms with Crippen molar-refractivity contribution >= 4 is 11.4 Å². The Balaban J connectivity index is 1.47. The number of nitrogens with one attached hydrogen (secondary N) is 2. The van der Waals surface area contributed by atoms with E-state index in [1.165, 1.54) is 0 Å². The number of ether oxygens (including phenoxy) is 1. The molecular formula is C20H22N4O2. The van der Waals surface area contributed by atoms with Crippen LogP contribution in [0, 0.1) is 5.41 Å². The highest BCUT2D eigenvalue weighted by molar-refractivity contribution is 5.84. The van der Waals surface area contributed by atoms with Crippen LogP contribution in [0.15, 0.2) is 54.9 Å². The number of hydrogen-bond donors (Lipinski definition) is 2. The first kappa shape index (κ1) is 16.6. The van der Waals surface area contributed by atoms with Crippen LogP contribution in [-0.2, 0) is 17.8 Å². The molecule has 4 rings (SSSR count). The summed E-state index contributed by atoms with van der Waals surface area (Å²) in [6.45, 7) is 1.87. The summed E-state index contributed by atoms with van der Waals surface area (Å²) in [5.74, 6) is 0.901. The highest BCUT2D eigenvalue weighted by Crippen LogP contribution is 2.29. The van der Waals surface area contributed by atoms with E-state index in [0.29, 0.717) is 26.1 Å². The van der Waals surface area contributed by atoms with Gasteiger partial charge in [0.1, 0.15) is 5.75 Å². The number of methoxy groups -OCH3 is 1. The van der Waals surface area contributed by atoms with E-state index in [1.807, 2.05) is 53.2 Å². The molecule has 134 valence electrons. The van der Waals surface area contributed by atoms with Gasteiger partial charge in [-0.15, -0.1) is 0 Å². The number of carbonyl (C=O) groups excluding carboxylic acids is 1. The summed E-state index contributed by atoms with van der Waals surface area (Å²) in [6.07, 6.45) is 4.36. The average molecular weight is 350 g/mol. The fourth-order valence-corrected chi connectivity index (χ4v) is 3.49. The molecule has 6 nitrogen and oxygen atoms in total. The molecule has 2 N–H and O–H groups in total. The van der Waals surface area contributed by atoms with Crippen LogP contribution in [0.25, 0.3) is 5.52 Å². The fourth-order valence-electron chi connectivity index (χ4n) is 3.49. The van der Waals surface area contributed by atoms with E-state index in [2.05, 4.69) is 15.7 Å². The van der Waals surface area contributed by atoms with Crippen LogP contribution in [-0.4, -0.2) is 35.7 Å². The Bertz CT molecular complexity index is 930. The molecule has 1 saturated heterocycles. The molecule has 6 heteroatoms. The molecule has 0 aliphatic carbocycles. The van der Waals surface area contributed by atoms with E-state index in [9.17, 15) is 4.79 Å². The molecule has 1 aromatic carbocycles. The molecule has 0 spiro atoms. The largest absolute Gasteiger partial charge is 0.497 e. The predicted molar refractivity (Wildman–Crippen MR) is 99.0 cm³/mol. The molecular weight excluding hydrogens is 328 g/mol. The van der Waals surface area contributed by atoms with Gasteiger partial charge in [0.15, 0.2) is 0 Å². The van der Waals surface area contributed by atoms with Crippen molar-refractivity contribution < 1.29 is 9.53 Å².